The third-order valence-corrected chi connectivity index (χ3v) is 4.12. The van der Waals surface area contributed by atoms with Gasteiger partial charge >= 0.3 is 0 Å². The SMILES string of the molecule is Cc1cccc(-c2ocnc2C(=O)NC2CCN(C)CC2)c1. The minimum absolute atomic E-state index is 0.153. The molecule has 5 nitrogen and oxygen atoms in total. The third kappa shape index (κ3) is 3.20. The Kier molecular flexibility index (Phi) is 4.24. The number of likely N-dealkylation sites (tertiary alicyclic amines) is 1. The normalized spacial score (nSPS) is 16.6. The number of rotatable bonds is 3. The van der Waals surface area contributed by atoms with Gasteiger partial charge in [-0.3, -0.25) is 4.79 Å². The summed E-state index contributed by atoms with van der Waals surface area (Å²) in [6, 6.07) is 8.10. The van der Waals surface area contributed by atoms with Crippen molar-refractivity contribution in [3.05, 3.63) is 41.9 Å². The highest BCUT2D eigenvalue weighted by molar-refractivity contribution is 5.97. The first-order valence-electron chi connectivity index (χ1n) is 7.63. The van der Waals surface area contributed by atoms with Crippen LogP contribution in [0.15, 0.2) is 35.1 Å². The number of carbonyl (C=O) groups is 1. The van der Waals surface area contributed by atoms with Gasteiger partial charge in [0.25, 0.3) is 5.91 Å². The Morgan fingerprint density at radius 3 is 2.86 bits per heavy atom. The van der Waals surface area contributed by atoms with Crippen molar-refractivity contribution in [2.24, 2.45) is 0 Å². The molecule has 0 saturated carbocycles. The quantitative estimate of drug-likeness (QED) is 0.946. The summed E-state index contributed by atoms with van der Waals surface area (Å²) in [6.45, 7) is 4.03. The van der Waals surface area contributed by atoms with Gasteiger partial charge in [-0.2, -0.15) is 0 Å². The molecule has 116 valence electrons. The Labute approximate surface area is 130 Å². The second-order valence-electron chi connectivity index (χ2n) is 5.95. The zero-order valence-electron chi connectivity index (χ0n) is 13.0. The van der Waals surface area contributed by atoms with Crippen molar-refractivity contribution in [2.75, 3.05) is 20.1 Å². The van der Waals surface area contributed by atoms with Gasteiger partial charge in [-0.1, -0.05) is 23.8 Å². The number of piperidine rings is 1. The lowest BCUT2D eigenvalue weighted by Gasteiger charge is -2.29. The van der Waals surface area contributed by atoms with Crippen LogP contribution in [0.3, 0.4) is 0 Å². The zero-order chi connectivity index (χ0) is 15.5. The van der Waals surface area contributed by atoms with E-state index in [-0.39, 0.29) is 11.9 Å². The van der Waals surface area contributed by atoms with Crippen LogP contribution in [0.2, 0.25) is 0 Å². The fraction of sp³-hybridized carbons (Fsp3) is 0.412. The summed E-state index contributed by atoms with van der Waals surface area (Å²) in [5, 5.41) is 3.08. The van der Waals surface area contributed by atoms with E-state index in [1.807, 2.05) is 31.2 Å². The molecular formula is C17H21N3O2. The van der Waals surface area contributed by atoms with Gasteiger partial charge in [-0.15, -0.1) is 0 Å². The average Bonchev–Trinajstić information content (AvgIpc) is 2.99. The number of benzene rings is 1. The fourth-order valence-corrected chi connectivity index (χ4v) is 2.81. The Morgan fingerprint density at radius 2 is 2.14 bits per heavy atom. The number of hydrogen-bond acceptors (Lipinski definition) is 4. The maximum atomic E-state index is 12.5. The highest BCUT2D eigenvalue weighted by Gasteiger charge is 2.23. The molecule has 1 aliphatic heterocycles. The lowest BCUT2D eigenvalue weighted by molar-refractivity contribution is 0.0912. The van der Waals surface area contributed by atoms with Crippen LogP contribution in [-0.2, 0) is 0 Å². The van der Waals surface area contributed by atoms with Crippen LogP contribution in [0.25, 0.3) is 11.3 Å². The predicted octanol–water partition coefficient (Wildman–Crippen LogP) is 2.47. The van der Waals surface area contributed by atoms with E-state index in [4.69, 9.17) is 4.42 Å². The molecule has 1 N–H and O–H groups in total. The minimum atomic E-state index is -0.153. The van der Waals surface area contributed by atoms with E-state index in [1.165, 1.54) is 6.39 Å². The molecule has 0 bridgehead atoms. The molecule has 3 rings (SSSR count). The molecule has 0 aliphatic carbocycles. The third-order valence-electron chi connectivity index (χ3n) is 4.12. The van der Waals surface area contributed by atoms with E-state index in [0.29, 0.717) is 11.5 Å². The second-order valence-corrected chi connectivity index (χ2v) is 5.95. The maximum absolute atomic E-state index is 12.5. The minimum Gasteiger partial charge on any atom is -0.443 e. The number of amides is 1. The van der Waals surface area contributed by atoms with Crippen molar-refractivity contribution in [3.63, 3.8) is 0 Å². The van der Waals surface area contributed by atoms with Crippen LogP contribution in [0.1, 0.15) is 28.9 Å². The number of aromatic nitrogens is 1. The zero-order valence-corrected chi connectivity index (χ0v) is 13.0. The van der Waals surface area contributed by atoms with Crippen molar-refractivity contribution in [2.45, 2.75) is 25.8 Å². The van der Waals surface area contributed by atoms with Gasteiger partial charge in [0.2, 0.25) is 0 Å². The van der Waals surface area contributed by atoms with Gasteiger partial charge in [-0.05, 0) is 46.0 Å². The standard InChI is InChI=1S/C17H21N3O2/c1-12-4-3-5-13(10-12)16-15(18-11-22-16)17(21)19-14-6-8-20(2)9-7-14/h3-5,10-11,14H,6-9H2,1-2H3,(H,19,21). The van der Waals surface area contributed by atoms with E-state index in [0.717, 1.165) is 37.1 Å². The number of oxazole rings is 1. The highest BCUT2D eigenvalue weighted by atomic mass is 16.3. The average molecular weight is 299 g/mol. The summed E-state index contributed by atoms with van der Waals surface area (Å²) in [5.41, 5.74) is 2.37. The number of nitrogens with zero attached hydrogens (tertiary/aromatic N) is 2. The Morgan fingerprint density at radius 1 is 1.36 bits per heavy atom. The molecule has 0 radical (unpaired) electrons. The largest absolute Gasteiger partial charge is 0.443 e. The molecule has 0 spiro atoms. The molecule has 2 heterocycles. The van der Waals surface area contributed by atoms with E-state index in [1.54, 1.807) is 0 Å². The summed E-state index contributed by atoms with van der Waals surface area (Å²) in [7, 11) is 2.10. The topological polar surface area (TPSA) is 58.4 Å². The van der Waals surface area contributed by atoms with Crippen LogP contribution in [0.5, 0.6) is 0 Å². The summed E-state index contributed by atoms with van der Waals surface area (Å²) in [6.07, 6.45) is 3.28. The molecule has 1 aliphatic rings. The summed E-state index contributed by atoms with van der Waals surface area (Å²) >= 11 is 0. The van der Waals surface area contributed by atoms with Crippen molar-refractivity contribution in [1.29, 1.82) is 0 Å². The van der Waals surface area contributed by atoms with Gasteiger partial charge in [0, 0.05) is 11.6 Å². The predicted molar refractivity (Wildman–Crippen MR) is 84.7 cm³/mol. The Bertz CT molecular complexity index is 657. The first-order valence-corrected chi connectivity index (χ1v) is 7.63. The van der Waals surface area contributed by atoms with Crippen molar-refractivity contribution in [3.8, 4) is 11.3 Å². The lowest BCUT2D eigenvalue weighted by atomic mass is 10.0. The molecule has 0 atom stereocenters. The highest BCUT2D eigenvalue weighted by Crippen LogP contribution is 2.24. The second kappa shape index (κ2) is 6.32. The number of aryl methyl sites for hydroxylation is 1. The first kappa shape index (κ1) is 14.8. The number of nitrogens with one attached hydrogen (secondary N) is 1. The molecule has 22 heavy (non-hydrogen) atoms. The molecule has 1 aromatic heterocycles. The molecule has 2 aromatic rings. The molecule has 5 heteroatoms. The van der Waals surface area contributed by atoms with Crippen molar-refractivity contribution in [1.82, 2.24) is 15.2 Å². The van der Waals surface area contributed by atoms with Gasteiger partial charge in [0.05, 0.1) is 0 Å². The summed E-state index contributed by atoms with van der Waals surface area (Å²) in [4.78, 5) is 18.9. The van der Waals surface area contributed by atoms with Gasteiger partial charge in [-0.25, -0.2) is 4.98 Å². The van der Waals surface area contributed by atoms with E-state index in [9.17, 15) is 4.79 Å². The Balaban J connectivity index is 1.75. The van der Waals surface area contributed by atoms with Crippen LogP contribution in [-0.4, -0.2) is 42.0 Å². The van der Waals surface area contributed by atoms with Crippen LogP contribution < -0.4 is 5.32 Å². The summed E-state index contributed by atoms with van der Waals surface area (Å²) in [5.74, 6) is 0.383. The molecule has 1 saturated heterocycles. The first-order chi connectivity index (χ1) is 10.6. The molecular weight excluding hydrogens is 278 g/mol. The van der Waals surface area contributed by atoms with E-state index < -0.39 is 0 Å². The van der Waals surface area contributed by atoms with Crippen LogP contribution in [0.4, 0.5) is 0 Å². The monoisotopic (exact) mass is 299 g/mol. The summed E-state index contributed by atoms with van der Waals surface area (Å²) < 4.78 is 5.45. The van der Waals surface area contributed by atoms with Crippen molar-refractivity contribution >= 4 is 5.91 Å². The lowest BCUT2D eigenvalue weighted by Crippen LogP contribution is -2.43. The van der Waals surface area contributed by atoms with Gasteiger partial charge < -0.3 is 14.6 Å². The van der Waals surface area contributed by atoms with Gasteiger partial charge in [0.1, 0.15) is 0 Å². The molecule has 1 aromatic carbocycles. The van der Waals surface area contributed by atoms with Crippen LogP contribution >= 0.6 is 0 Å². The number of hydrogen-bond donors (Lipinski definition) is 1. The molecule has 1 amide bonds. The van der Waals surface area contributed by atoms with E-state index in [2.05, 4.69) is 22.2 Å². The smallest absolute Gasteiger partial charge is 0.274 e. The fourth-order valence-electron chi connectivity index (χ4n) is 2.81. The maximum Gasteiger partial charge on any atom is 0.274 e. The molecule has 0 unspecified atom stereocenters. The van der Waals surface area contributed by atoms with Gasteiger partial charge in [0.15, 0.2) is 17.8 Å². The van der Waals surface area contributed by atoms with E-state index >= 15 is 0 Å². The van der Waals surface area contributed by atoms with Crippen LogP contribution in [0, 0.1) is 6.92 Å². The van der Waals surface area contributed by atoms with Crippen molar-refractivity contribution < 1.29 is 9.21 Å². The Hall–Kier alpha value is -2.14. The molecule has 1 fully saturated rings. The number of carbonyl (C=O) groups excluding carboxylic acids is 1.